The minimum atomic E-state index is -1.01. The number of para-hydroxylation sites is 1. The van der Waals surface area contributed by atoms with Crippen LogP contribution in [0.3, 0.4) is 0 Å². The number of hydrogen-bond donors (Lipinski definition) is 1. The molecule has 0 bridgehead atoms. The van der Waals surface area contributed by atoms with Gasteiger partial charge in [-0.15, -0.1) is 11.3 Å². The molecule has 1 N–H and O–H groups in total. The molecule has 21 heavy (non-hydrogen) atoms. The van der Waals surface area contributed by atoms with Crippen molar-refractivity contribution in [2.24, 2.45) is 0 Å². The number of methoxy groups -OCH3 is 1. The zero-order chi connectivity index (χ0) is 15.2. The minimum absolute atomic E-state index is 0.304. The van der Waals surface area contributed by atoms with Gasteiger partial charge in [-0.25, -0.2) is 9.78 Å². The predicted molar refractivity (Wildman–Crippen MR) is 80.8 cm³/mol. The minimum Gasteiger partial charge on any atom is -0.493 e. The molecular weight excluding hydrogens is 290 g/mol. The van der Waals surface area contributed by atoms with Crippen molar-refractivity contribution in [3.05, 3.63) is 45.9 Å². The van der Waals surface area contributed by atoms with E-state index in [1.807, 2.05) is 12.3 Å². The van der Waals surface area contributed by atoms with E-state index in [9.17, 15) is 4.79 Å². The Morgan fingerprint density at radius 3 is 2.90 bits per heavy atom. The summed E-state index contributed by atoms with van der Waals surface area (Å²) in [5.74, 6) is 0.0385. The van der Waals surface area contributed by atoms with Crippen molar-refractivity contribution in [3.8, 4) is 11.5 Å². The second-order valence-electron chi connectivity index (χ2n) is 4.20. The maximum absolute atomic E-state index is 10.7. The second kappa shape index (κ2) is 6.90. The lowest BCUT2D eigenvalue weighted by Gasteiger charge is -2.12. The fraction of sp³-hybridized carbons (Fsp3) is 0.200. The van der Waals surface area contributed by atoms with Crippen LogP contribution in [0.2, 0.25) is 0 Å². The van der Waals surface area contributed by atoms with Gasteiger partial charge in [-0.1, -0.05) is 12.1 Å². The van der Waals surface area contributed by atoms with E-state index in [2.05, 4.69) is 4.98 Å². The molecular formula is C15H15NO4S. The smallest absolute Gasteiger partial charge is 0.328 e. The largest absolute Gasteiger partial charge is 0.493 e. The van der Waals surface area contributed by atoms with Gasteiger partial charge in [0, 0.05) is 17.0 Å². The number of aryl methyl sites for hydroxylation is 1. The molecule has 0 aliphatic heterocycles. The topological polar surface area (TPSA) is 68.7 Å². The molecule has 0 fully saturated rings. The molecule has 0 saturated carbocycles. The van der Waals surface area contributed by atoms with E-state index in [1.165, 1.54) is 6.08 Å². The predicted octanol–water partition coefficient (Wildman–Crippen LogP) is 3.14. The third kappa shape index (κ3) is 4.06. The number of nitrogens with zero attached hydrogens (tertiary/aromatic N) is 1. The Hall–Kier alpha value is -2.34. The fourth-order valence-electron chi connectivity index (χ4n) is 1.76. The van der Waals surface area contributed by atoms with E-state index < -0.39 is 5.97 Å². The summed E-state index contributed by atoms with van der Waals surface area (Å²) < 4.78 is 11.0. The molecule has 6 heteroatoms. The van der Waals surface area contributed by atoms with Crippen LogP contribution in [-0.2, 0) is 11.4 Å². The Labute approximate surface area is 126 Å². The van der Waals surface area contributed by atoms with Crippen LogP contribution in [0.15, 0.2) is 29.7 Å². The fourth-order valence-corrected chi connectivity index (χ4v) is 2.36. The number of carbonyl (C=O) groups is 1. The maximum Gasteiger partial charge on any atom is 0.328 e. The number of thiazole rings is 1. The van der Waals surface area contributed by atoms with Gasteiger partial charge in [0.2, 0.25) is 0 Å². The van der Waals surface area contributed by atoms with Gasteiger partial charge in [0.15, 0.2) is 11.5 Å². The zero-order valence-corrected chi connectivity index (χ0v) is 12.5. The van der Waals surface area contributed by atoms with Crippen molar-refractivity contribution in [3.63, 3.8) is 0 Å². The van der Waals surface area contributed by atoms with Gasteiger partial charge in [-0.2, -0.15) is 0 Å². The molecule has 2 aromatic rings. The van der Waals surface area contributed by atoms with Crippen molar-refractivity contribution in [2.75, 3.05) is 7.11 Å². The van der Waals surface area contributed by atoms with E-state index in [4.69, 9.17) is 14.6 Å². The first-order valence-corrected chi connectivity index (χ1v) is 7.10. The third-order valence-electron chi connectivity index (χ3n) is 2.67. The van der Waals surface area contributed by atoms with E-state index in [0.29, 0.717) is 23.7 Å². The quantitative estimate of drug-likeness (QED) is 0.830. The highest BCUT2D eigenvalue weighted by Crippen LogP contribution is 2.32. The molecule has 0 aliphatic carbocycles. The number of ether oxygens (including phenoxy) is 2. The van der Waals surface area contributed by atoms with Crippen LogP contribution in [-0.4, -0.2) is 23.2 Å². The van der Waals surface area contributed by atoms with Crippen molar-refractivity contribution < 1.29 is 19.4 Å². The molecule has 1 heterocycles. The number of benzene rings is 1. The lowest BCUT2D eigenvalue weighted by molar-refractivity contribution is -0.131. The van der Waals surface area contributed by atoms with Crippen LogP contribution in [0.25, 0.3) is 6.08 Å². The summed E-state index contributed by atoms with van der Waals surface area (Å²) in [5.41, 5.74) is 1.47. The van der Waals surface area contributed by atoms with E-state index in [-0.39, 0.29) is 0 Å². The van der Waals surface area contributed by atoms with Gasteiger partial charge in [0.1, 0.15) is 6.61 Å². The molecule has 0 saturated heterocycles. The number of aromatic nitrogens is 1. The average Bonchev–Trinajstić information content (AvgIpc) is 2.88. The maximum atomic E-state index is 10.7. The Kier molecular flexibility index (Phi) is 4.94. The molecule has 0 spiro atoms. The Bertz CT molecular complexity index is 663. The van der Waals surface area contributed by atoms with Crippen LogP contribution in [0.1, 0.15) is 16.3 Å². The van der Waals surface area contributed by atoms with Gasteiger partial charge < -0.3 is 14.6 Å². The van der Waals surface area contributed by atoms with Gasteiger partial charge in [0.25, 0.3) is 0 Å². The lowest BCUT2D eigenvalue weighted by atomic mass is 10.1. The van der Waals surface area contributed by atoms with Crippen LogP contribution in [0, 0.1) is 6.92 Å². The van der Waals surface area contributed by atoms with Crippen molar-refractivity contribution in [1.29, 1.82) is 0 Å². The molecule has 110 valence electrons. The standard InChI is InChI=1S/C15H15NO4S/c1-10-16-12(9-21-10)8-20-15-11(6-7-14(17)18)4-3-5-13(15)19-2/h3-7,9H,8H2,1-2H3,(H,17,18)/b7-6+. The first-order valence-electron chi connectivity index (χ1n) is 6.22. The molecule has 0 amide bonds. The van der Waals surface area contributed by atoms with Crippen LogP contribution >= 0.6 is 11.3 Å². The van der Waals surface area contributed by atoms with Gasteiger partial charge in [-0.3, -0.25) is 0 Å². The first-order chi connectivity index (χ1) is 10.1. The van der Waals surface area contributed by atoms with E-state index >= 15 is 0 Å². The third-order valence-corrected chi connectivity index (χ3v) is 3.49. The Morgan fingerprint density at radius 1 is 1.48 bits per heavy atom. The molecule has 0 atom stereocenters. The number of hydrogen-bond acceptors (Lipinski definition) is 5. The van der Waals surface area contributed by atoms with Crippen molar-refractivity contribution in [1.82, 2.24) is 4.98 Å². The monoisotopic (exact) mass is 305 g/mol. The SMILES string of the molecule is COc1cccc(/C=C/C(=O)O)c1OCc1csc(C)n1. The average molecular weight is 305 g/mol. The second-order valence-corrected chi connectivity index (χ2v) is 5.26. The van der Waals surface area contributed by atoms with Crippen LogP contribution < -0.4 is 9.47 Å². The van der Waals surface area contributed by atoms with Gasteiger partial charge in [-0.05, 0) is 19.1 Å². The molecule has 0 aliphatic rings. The highest BCUT2D eigenvalue weighted by atomic mass is 32.1. The summed E-state index contributed by atoms with van der Waals surface area (Å²) in [4.78, 5) is 15.0. The number of aliphatic carboxylic acids is 1. The highest BCUT2D eigenvalue weighted by Gasteiger charge is 2.10. The normalized spacial score (nSPS) is 10.8. The summed E-state index contributed by atoms with van der Waals surface area (Å²) in [5, 5.41) is 11.6. The molecule has 5 nitrogen and oxygen atoms in total. The summed E-state index contributed by atoms with van der Waals surface area (Å²) in [6, 6.07) is 5.31. The Morgan fingerprint density at radius 2 is 2.29 bits per heavy atom. The highest BCUT2D eigenvalue weighted by molar-refractivity contribution is 7.09. The van der Waals surface area contributed by atoms with Gasteiger partial charge in [0.05, 0.1) is 17.8 Å². The Balaban J connectivity index is 2.24. The number of carboxylic acids is 1. The summed E-state index contributed by atoms with van der Waals surface area (Å²) in [6.45, 7) is 2.23. The van der Waals surface area contributed by atoms with Crippen molar-refractivity contribution >= 4 is 23.4 Å². The summed E-state index contributed by atoms with van der Waals surface area (Å²) >= 11 is 1.55. The summed E-state index contributed by atoms with van der Waals surface area (Å²) in [7, 11) is 1.54. The van der Waals surface area contributed by atoms with E-state index in [0.717, 1.165) is 16.8 Å². The lowest BCUT2D eigenvalue weighted by Crippen LogP contribution is -2.00. The molecule has 1 aromatic carbocycles. The van der Waals surface area contributed by atoms with E-state index in [1.54, 1.807) is 36.6 Å². The molecule has 0 radical (unpaired) electrons. The van der Waals surface area contributed by atoms with Crippen LogP contribution in [0.5, 0.6) is 11.5 Å². The zero-order valence-electron chi connectivity index (χ0n) is 11.7. The van der Waals surface area contributed by atoms with Crippen LogP contribution in [0.4, 0.5) is 0 Å². The van der Waals surface area contributed by atoms with Gasteiger partial charge >= 0.3 is 5.97 Å². The molecule has 0 unspecified atom stereocenters. The first kappa shape index (κ1) is 15.1. The molecule has 1 aromatic heterocycles. The van der Waals surface area contributed by atoms with Crippen molar-refractivity contribution in [2.45, 2.75) is 13.5 Å². The number of carboxylic acid groups (broad SMARTS) is 1. The molecule has 2 rings (SSSR count). The number of rotatable bonds is 6. The summed E-state index contributed by atoms with van der Waals surface area (Å²) in [6.07, 6.45) is 2.54.